The summed E-state index contributed by atoms with van der Waals surface area (Å²) < 4.78 is 14.1. The van der Waals surface area contributed by atoms with Gasteiger partial charge in [0.15, 0.2) is 11.5 Å². The minimum Gasteiger partial charge on any atom is -0.486 e. The van der Waals surface area contributed by atoms with Gasteiger partial charge in [0.1, 0.15) is 13.2 Å². The molecule has 2 N–H and O–H groups in total. The number of aromatic nitrogens is 1. The van der Waals surface area contributed by atoms with Crippen molar-refractivity contribution in [2.45, 2.75) is 32.7 Å². The van der Waals surface area contributed by atoms with Crippen molar-refractivity contribution in [3.8, 4) is 11.5 Å². The maximum absolute atomic E-state index is 9.10. The van der Waals surface area contributed by atoms with Crippen LogP contribution in [0.15, 0.2) is 48.7 Å². The minimum atomic E-state index is -1.82. The largest absolute Gasteiger partial charge is 0.486 e. The summed E-state index contributed by atoms with van der Waals surface area (Å²) in [5, 5.41) is 16.2. The lowest BCUT2D eigenvalue weighted by Crippen LogP contribution is -2.47. The van der Waals surface area contributed by atoms with Crippen LogP contribution in [0.3, 0.4) is 0 Å². The molecule has 3 heterocycles. The molecule has 2 aromatic carbocycles. The lowest BCUT2D eigenvalue weighted by Gasteiger charge is -2.37. The molecular formula is C28H35N3O6. The van der Waals surface area contributed by atoms with Crippen LogP contribution in [-0.4, -0.2) is 77.6 Å². The van der Waals surface area contributed by atoms with Crippen molar-refractivity contribution in [3.63, 3.8) is 0 Å². The summed E-state index contributed by atoms with van der Waals surface area (Å²) in [4.78, 5) is 23.2. The maximum Gasteiger partial charge on any atom is 0.414 e. The zero-order chi connectivity index (χ0) is 26.2. The molecular weight excluding hydrogens is 474 g/mol. The number of aliphatic carboxylic acids is 2. The normalized spacial score (nSPS) is 15.2. The second-order valence-corrected chi connectivity index (χ2v) is 9.21. The van der Waals surface area contributed by atoms with Crippen LogP contribution in [0.5, 0.6) is 11.5 Å². The number of hydrogen-bond acceptors (Lipinski definition) is 6. The Balaban J connectivity index is 0.000000480. The predicted octanol–water partition coefficient (Wildman–Crippen LogP) is 3.73. The predicted molar refractivity (Wildman–Crippen MR) is 142 cm³/mol. The van der Waals surface area contributed by atoms with Crippen molar-refractivity contribution >= 4 is 28.5 Å². The molecule has 2 aliphatic heterocycles. The number of carboxylic acid groups (broad SMARTS) is 2. The van der Waals surface area contributed by atoms with Crippen LogP contribution in [0.1, 0.15) is 25.3 Å². The number of ether oxygens (including phenoxy) is 2. The first-order valence-electron chi connectivity index (χ1n) is 12.9. The number of aryl methyl sites for hydroxylation is 1. The van der Waals surface area contributed by atoms with E-state index < -0.39 is 11.9 Å². The number of piperazine rings is 1. The van der Waals surface area contributed by atoms with E-state index in [1.54, 1.807) is 0 Å². The molecule has 0 radical (unpaired) electrons. The van der Waals surface area contributed by atoms with E-state index in [1.165, 1.54) is 35.0 Å². The molecule has 198 valence electrons. The molecule has 9 nitrogen and oxygen atoms in total. The van der Waals surface area contributed by atoms with Gasteiger partial charge in [-0.2, -0.15) is 0 Å². The van der Waals surface area contributed by atoms with Gasteiger partial charge in [-0.1, -0.05) is 37.6 Å². The van der Waals surface area contributed by atoms with E-state index in [-0.39, 0.29) is 0 Å². The van der Waals surface area contributed by atoms with Crippen LogP contribution in [0.4, 0.5) is 5.69 Å². The van der Waals surface area contributed by atoms with Crippen LogP contribution in [0.25, 0.3) is 10.9 Å². The number of anilines is 1. The summed E-state index contributed by atoms with van der Waals surface area (Å²) in [5.41, 5.74) is 4.04. The number of nitrogens with zero attached hydrogens (tertiary/aromatic N) is 3. The summed E-state index contributed by atoms with van der Waals surface area (Å²) in [6.07, 6.45) is 5.97. The van der Waals surface area contributed by atoms with Gasteiger partial charge >= 0.3 is 11.9 Å². The number of rotatable bonds is 7. The van der Waals surface area contributed by atoms with Gasteiger partial charge in [0.25, 0.3) is 0 Å². The van der Waals surface area contributed by atoms with Crippen LogP contribution in [-0.2, 0) is 22.6 Å². The second kappa shape index (κ2) is 12.5. The summed E-state index contributed by atoms with van der Waals surface area (Å²) in [6.45, 7) is 9.98. The number of benzene rings is 2. The van der Waals surface area contributed by atoms with E-state index >= 15 is 0 Å². The molecule has 1 saturated heterocycles. The average Bonchev–Trinajstić information content (AvgIpc) is 3.28. The van der Waals surface area contributed by atoms with Gasteiger partial charge in [0.2, 0.25) is 0 Å². The van der Waals surface area contributed by atoms with E-state index in [0.717, 1.165) is 57.2 Å². The number of carboxylic acids is 2. The van der Waals surface area contributed by atoms with Crippen molar-refractivity contribution in [1.29, 1.82) is 0 Å². The van der Waals surface area contributed by atoms with Crippen molar-refractivity contribution in [2.75, 3.05) is 50.8 Å². The molecule has 0 aliphatic carbocycles. The highest BCUT2D eigenvalue weighted by Crippen LogP contribution is 2.39. The number of unbranched alkanes of at least 4 members (excludes halogenated alkanes) is 1. The van der Waals surface area contributed by atoms with Crippen molar-refractivity contribution in [2.24, 2.45) is 0 Å². The average molecular weight is 510 g/mol. The first-order valence-corrected chi connectivity index (χ1v) is 12.9. The number of para-hydroxylation sites is 2. The van der Waals surface area contributed by atoms with Gasteiger partial charge in [-0.15, -0.1) is 0 Å². The Morgan fingerprint density at radius 3 is 2.35 bits per heavy atom. The van der Waals surface area contributed by atoms with Gasteiger partial charge in [-0.3, -0.25) is 4.90 Å². The third-order valence-electron chi connectivity index (χ3n) is 6.76. The Kier molecular flexibility index (Phi) is 8.90. The SMILES string of the molecule is CCCCn1cc(CCN2CCN(c3cccc4c3OCCO4)CC2)c2ccccc21.O=C(O)C(=O)O. The van der Waals surface area contributed by atoms with Crippen LogP contribution >= 0.6 is 0 Å². The summed E-state index contributed by atoms with van der Waals surface area (Å²) >= 11 is 0. The van der Waals surface area contributed by atoms with Gasteiger partial charge in [-0.25, -0.2) is 9.59 Å². The summed E-state index contributed by atoms with van der Waals surface area (Å²) in [5.74, 6) is -1.85. The second-order valence-electron chi connectivity index (χ2n) is 9.21. The van der Waals surface area contributed by atoms with Crippen molar-refractivity contribution in [3.05, 3.63) is 54.2 Å². The van der Waals surface area contributed by atoms with Gasteiger partial charge in [0, 0.05) is 56.4 Å². The molecule has 0 spiro atoms. The quantitative estimate of drug-likeness (QED) is 0.465. The molecule has 0 atom stereocenters. The first kappa shape index (κ1) is 26.3. The lowest BCUT2D eigenvalue weighted by molar-refractivity contribution is -0.159. The van der Waals surface area contributed by atoms with Crippen LogP contribution in [0, 0.1) is 0 Å². The monoisotopic (exact) mass is 509 g/mol. The van der Waals surface area contributed by atoms with E-state index in [0.29, 0.717) is 13.2 Å². The molecule has 5 rings (SSSR count). The molecule has 0 bridgehead atoms. The fourth-order valence-corrected chi connectivity index (χ4v) is 4.83. The Morgan fingerprint density at radius 2 is 1.62 bits per heavy atom. The third kappa shape index (κ3) is 6.54. The first-order chi connectivity index (χ1) is 18.0. The zero-order valence-electron chi connectivity index (χ0n) is 21.3. The fraction of sp³-hybridized carbons (Fsp3) is 0.429. The Hall–Kier alpha value is -3.72. The highest BCUT2D eigenvalue weighted by atomic mass is 16.6. The molecule has 3 aromatic rings. The lowest BCUT2D eigenvalue weighted by atomic mass is 10.1. The molecule has 1 fully saturated rings. The topological polar surface area (TPSA) is 104 Å². The van der Waals surface area contributed by atoms with Crippen molar-refractivity contribution < 1.29 is 29.3 Å². The highest BCUT2D eigenvalue weighted by Gasteiger charge is 2.23. The third-order valence-corrected chi connectivity index (χ3v) is 6.76. The van der Waals surface area contributed by atoms with Crippen molar-refractivity contribution in [1.82, 2.24) is 9.47 Å². The molecule has 1 aromatic heterocycles. The van der Waals surface area contributed by atoms with Gasteiger partial charge < -0.3 is 29.2 Å². The Labute approximate surface area is 216 Å². The number of hydrogen-bond donors (Lipinski definition) is 2. The number of carbonyl (C=O) groups is 2. The molecule has 0 saturated carbocycles. The standard InChI is InChI=1S/C26H33N3O2.C2H2O4/c1-2-3-12-29-20-21(22-7-4-5-8-23(22)29)11-13-27-14-16-28(17-15-27)24-9-6-10-25-26(24)31-19-18-30-25;3-1(4)2(5)6/h4-10,20H,2-3,11-19H2,1H3;(H,3,4)(H,5,6). The smallest absolute Gasteiger partial charge is 0.414 e. The van der Waals surface area contributed by atoms with E-state index in [1.807, 2.05) is 6.07 Å². The Bertz CT molecular complexity index is 1200. The highest BCUT2D eigenvalue weighted by molar-refractivity contribution is 6.27. The van der Waals surface area contributed by atoms with E-state index in [2.05, 4.69) is 63.9 Å². The van der Waals surface area contributed by atoms with Gasteiger partial charge in [-0.05, 0) is 36.6 Å². The molecule has 37 heavy (non-hydrogen) atoms. The molecule has 0 unspecified atom stereocenters. The maximum atomic E-state index is 9.10. The fourth-order valence-electron chi connectivity index (χ4n) is 4.83. The molecule has 9 heteroatoms. The van der Waals surface area contributed by atoms with Gasteiger partial charge in [0.05, 0.1) is 5.69 Å². The molecule has 0 amide bonds. The van der Waals surface area contributed by atoms with Crippen LogP contribution in [0.2, 0.25) is 0 Å². The number of fused-ring (bicyclic) bond motifs is 2. The van der Waals surface area contributed by atoms with E-state index in [4.69, 9.17) is 29.3 Å². The minimum absolute atomic E-state index is 0.635. The van der Waals surface area contributed by atoms with E-state index in [9.17, 15) is 0 Å². The Morgan fingerprint density at radius 1 is 0.892 bits per heavy atom. The molecule has 2 aliphatic rings. The zero-order valence-corrected chi connectivity index (χ0v) is 21.3. The summed E-state index contributed by atoms with van der Waals surface area (Å²) in [6, 6.07) is 15.1. The van der Waals surface area contributed by atoms with Crippen LogP contribution < -0.4 is 14.4 Å². The summed E-state index contributed by atoms with van der Waals surface area (Å²) in [7, 11) is 0.